The summed E-state index contributed by atoms with van der Waals surface area (Å²) >= 11 is 0. The second-order valence-electron chi connectivity index (χ2n) is 9.61. The van der Waals surface area contributed by atoms with Gasteiger partial charge in [0.05, 0.1) is 12.2 Å². The van der Waals surface area contributed by atoms with E-state index in [0.717, 1.165) is 62.9 Å². The molecule has 0 spiro atoms. The first kappa shape index (κ1) is 27.8. The molecule has 0 saturated carbocycles. The van der Waals surface area contributed by atoms with Crippen molar-refractivity contribution >= 4 is 5.91 Å². The van der Waals surface area contributed by atoms with Crippen molar-refractivity contribution in [2.24, 2.45) is 0 Å². The molecule has 202 valence electrons. The van der Waals surface area contributed by atoms with Gasteiger partial charge < -0.3 is 15.3 Å². The number of aromatic nitrogens is 1. The topological polar surface area (TPSA) is 68.7 Å². The Hall–Kier alpha value is -3.27. The van der Waals surface area contributed by atoms with Gasteiger partial charge in [0.25, 0.3) is 0 Å². The maximum Gasteiger partial charge on any atom is 0.249 e. The van der Waals surface area contributed by atoms with E-state index in [1.54, 1.807) is 24.3 Å². The van der Waals surface area contributed by atoms with Gasteiger partial charge >= 0.3 is 0 Å². The first-order valence-corrected chi connectivity index (χ1v) is 12.9. The Morgan fingerprint density at radius 2 is 1.47 bits per heavy atom. The van der Waals surface area contributed by atoms with Crippen molar-refractivity contribution < 1.29 is 23.1 Å². The fourth-order valence-corrected chi connectivity index (χ4v) is 4.82. The predicted molar refractivity (Wildman–Crippen MR) is 139 cm³/mol. The molecular formula is C29H33F3N4O2. The molecular weight excluding hydrogens is 493 g/mol. The van der Waals surface area contributed by atoms with Gasteiger partial charge in [0, 0.05) is 45.3 Å². The van der Waals surface area contributed by atoms with Crippen LogP contribution in [0.2, 0.25) is 0 Å². The van der Waals surface area contributed by atoms with E-state index in [2.05, 4.69) is 20.1 Å². The van der Waals surface area contributed by atoms with E-state index >= 15 is 0 Å². The van der Waals surface area contributed by atoms with Crippen LogP contribution in [0.1, 0.15) is 35.6 Å². The van der Waals surface area contributed by atoms with Crippen LogP contribution >= 0.6 is 0 Å². The lowest BCUT2D eigenvalue weighted by atomic mass is 9.96. The number of carbonyl (C=O) groups excluding carboxylic acids is 1. The molecule has 1 saturated heterocycles. The lowest BCUT2D eigenvalue weighted by Gasteiger charge is -2.40. The SMILES string of the molecule is O=C(NCCCCN1CCN(C(c2ccc(F)cc2)c2ccc(F)cc2)CC1)C(O)Cc1cncc(F)c1. The number of nitrogens with zero attached hydrogens (tertiary/aromatic N) is 3. The van der Waals surface area contributed by atoms with Gasteiger partial charge in [-0.3, -0.25) is 14.7 Å². The van der Waals surface area contributed by atoms with Crippen LogP contribution in [0.3, 0.4) is 0 Å². The van der Waals surface area contributed by atoms with Crippen molar-refractivity contribution in [1.29, 1.82) is 0 Å². The Balaban J connectivity index is 1.20. The first-order chi connectivity index (χ1) is 18.4. The van der Waals surface area contributed by atoms with E-state index in [4.69, 9.17) is 0 Å². The predicted octanol–water partition coefficient (Wildman–Crippen LogP) is 3.71. The van der Waals surface area contributed by atoms with E-state index in [1.165, 1.54) is 36.5 Å². The number of hydrogen-bond acceptors (Lipinski definition) is 5. The normalized spacial score (nSPS) is 15.5. The Morgan fingerprint density at radius 1 is 0.868 bits per heavy atom. The van der Waals surface area contributed by atoms with Gasteiger partial charge in [0.1, 0.15) is 23.6 Å². The van der Waals surface area contributed by atoms with Crippen LogP contribution in [-0.4, -0.2) is 71.2 Å². The highest BCUT2D eigenvalue weighted by atomic mass is 19.1. The molecule has 3 aromatic rings. The van der Waals surface area contributed by atoms with Gasteiger partial charge in [-0.2, -0.15) is 0 Å². The third-order valence-electron chi connectivity index (χ3n) is 6.84. The summed E-state index contributed by atoms with van der Waals surface area (Å²) in [5.41, 5.74) is 2.41. The number of hydrogen-bond donors (Lipinski definition) is 2. The van der Waals surface area contributed by atoms with Crippen molar-refractivity contribution in [3.05, 3.63) is 101 Å². The molecule has 0 aliphatic carbocycles. The fraction of sp³-hybridized carbons (Fsp3) is 0.379. The molecule has 1 aliphatic rings. The molecule has 6 nitrogen and oxygen atoms in total. The highest BCUT2D eigenvalue weighted by Gasteiger charge is 2.26. The van der Waals surface area contributed by atoms with Crippen LogP contribution in [0.25, 0.3) is 0 Å². The van der Waals surface area contributed by atoms with Gasteiger partial charge in [0.2, 0.25) is 5.91 Å². The number of aliphatic hydroxyl groups excluding tert-OH is 1. The lowest BCUT2D eigenvalue weighted by molar-refractivity contribution is -0.129. The number of carbonyl (C=O) groups is 1. The molecule has 1 aromatic heterocycles. The third kappa shape index (κ3) is 7.86. The average molecular weight is 527 g/mol. The number of piperazine rings is 1. The minimum atomic E-state index is -1.25. The maximum absolute atomic E-state index is 13.5. The Kier molecular flexibility index (Phi) is 9.86. The van der Waals surface area contributed by atoms with Gasteiger partial charge in [-0.25, -0.2) is 13.2 Å². The molecule has 2 N–H and O–H groups in total. The molecule has 4 rings (SSSR count). The molecule has 1 amide bonds. The van der Waals surface area contributed by atoms with E-state index in [1.807, 2.05) is 0 Å². The highest BCUT2D eigenvalue weighted by Crippen LogP contribution is 2.30. The summed E-state index contributed by atoms with van der Waals surface area (Å²) in [6.07, 6.45) is 2.93. The van der Waals surface area contributed by atoms with Crippen LogP contribution in [0.4, 0.5) is 13.2 Å². The number of pyridine rings is 1. The summed E-state index contributed by atoms with van der Waals surface area (Å²) in [5, 5.41) is 12.8. The van der Waals surface area contributed by atoms with Gasteiger partial charge in [-0.1, -0.05) is 24.3 Å². The minimum Gasteiger partial charge on any atom is -0.383 e. The van der Waals surface area contributed by atoms with E-state index in [0.29, 0.717) is 12.1 Å². The summed E-state index contributed by atoms with van der Waals surface area (Å²) in [6.45, 7) is 4.71. The first-order valence-electron chi connectivity index (χ1n) is 12.9. The van der Waals surface area contributed by atoms with Crippen molar-refractivity contribution in [3.63, 3.8) is 0 Å². The lowest BCUT2D eigenvalue weighted by Crippen LogP contribution is -2.48. The van der Waals surface area contributed by atoms with Crippen LogP contribution < -0.4 is 5.32 Å². The van der Waals surface area contributed by atoms with Gasteiger partial charge in [-0.05, 0) is 66.4 Å². The third-order valence-corrected chi connectivity index (χ3v) is 6.84. The second-order valence-corrected chi connectivity index (χ2v) is 9.61. The zero-order valence-corrected chi connectivity index (χ0v) is 21.2. The molecule has 2 heterocycles. The molecule has 1 aliphatic heterocycles. The van der Waals surface area contributed by atoms with Crippen LogP contribution in [0.15, 0.2) is 67.0 Å². The summed E-state index contributed by atoms with van der Waals surface area (Å²) in [4.78, 5) is 20.6. The quantitative estimate of drug-likeness (QED) is 0.373. The summed E-state index contributed by atoms with van der Waals surface area (Å²) in [5.74, 6) is -1.55. The molecule has 9 heteroatoms. The minimum absolute atomic E-state index is 0.0116. The number of benzene rings is 2. The highest BCUT2D eigenvalue weighted by molar-refractivity contribution is 5.80. The number of aliphatic hydroxyl groups is 1. The molecule has 2 aromatic carbocycles. The fourth-order valence-electron chi connectivity index (χ4n) is 4.82. The Bertz CT molecular complexity index is 1120. The van der Waals surface area contributed by atoms with Crippen molar-refractivity contribution in [1.82, 2.24) is 20.1 Å². The van der Waals surface area contributed by atoms with Crippen LogP contribution in [0, 0.1) is 17.5 Å². The molecule has 0 radical (unpaired) electrons. The van der Waals surface area contributed by atoms with Crippen molar-refractivity contribution in [3.8, 4) is 0 Å². The summed E-state index contributed by atoms with van der Waals surface area (Å²) < 4.78 is 40.3. The zero-order chi connectivity index (χ0) is 26.9. The smallest absolute Gasteiger partial charge is 0.249 e. The summed E-state index contributed by atoms with van der Waals surface area (Å²) in [6, 6.07) is 14.2. The molecule has 1 fully saturated rings. The van der Waals surface area contributed by atoms with Gasteiger partial charge in [0.15, 0.2) is 0 Å². The Labute approximate surface area is 221 Å². The summed E-state index contributed by atoms with van der Waals surface area (Å²) in [7, 11) is 0. The number of halogens is 3. The van der Waals surface area contributed by atoms with Crippen LogP contribution in [-0.2, 0) is 11.2 Å². The van der Waals surface area contributed by atoms with Crippen molar-refractivity contribution in [2.75, 3.05) is 39.3 Å². The van der Waals surface area contributed by atoms with E-state index in [9.17, 15) is 23.1 Å². The number of rotatable bonds is 11. The van der Waals surface area contributed by atoms with Gasteiger partial charge in [-0.15, -0.1) is 0 Å². The molecule has 0 bridgehead atoms. The monoisotopic (exact) mass is 526 g/mol. The largest absolute Gasteiger partial charge is 0.383 e. The standard InChI is InChI=1S/C29H33F3N4O2/c30-24-7-3-22(4-8-24)28(23-5-9-25(31)10-6-23)36-15-13-35(14-16-36)12-2-1-11-34-29(38)27(37)18-21-17-26(32)20-33-19-21/h3-10,17,19-20,27-28,37H,1-2,11-16,18H2,(H,34,38). The molecule has 38 heavy (non-hydrogen) atoms. The number of unbranched alkanes of at least 4 members (excludes halogenated alkanes) is 1. The maximum atomic E-state index is 13.5. The van der Waals surface area contributed by atoms with Crippen molar-refractivity contribution in [2.45, 2.75) is 31.4 Å². The zero-order valence-electron chi connectivity index (χ0n) is 21.2. The number of amides is 1. The Morgan fingerprint density at radius 3 is 2.05 bits per heavy atom. The molecule has 1 atom stereocenters. The van der Waals surface area contributed by atoms with Crippen LogP contribution in [0.5, 0.6) is 0 Å². The van der Waals surface area contributed by atoms with E-state index in [-0.39, 0.29) is 24.1 Å². The molecule has 1 unspecified atom stereocenters. The average Bonchev–Trinajstić information content (AvgIpc) is 2.91. The number of nitrogens with one attached hydrogen (secondary N) is 1. The van der Waals surface area contributed by atoms with E-state index < -0.39 is 17.8 Å². The second kappa shape index (κ2) is 13.5.